The number of fused-ring (bicyclic) bond motifs is 3. The molecular formula is C21H19N3O5S2. The lowest BCUT2D eigenvalue weighted by Gasteiger charge is -2.15. The molecule has 0 unspecified atom stereocenters. The SMILES string of the molecule is COc1cc(C(=O)NC(=S)Nc2nc3c(s2)COc2ccccc2-3)cc(OC)c1OC. The minimum absolute atomic E-state index is 0.124. The second kappa shape index (κ2) is 8.78. The van der Waals surface area contributed by atoms with Gasteiger partial charge in [-0.15, -0.1) is 0 Å². The molecular weight excluding hydrogens is 438 g/mol. The molecule has 0 saturated heterocycles. The van der Waals surface area contributed by atoms with Gasteiger partial charge >= 0.3 is 0 Å². The van der Waals surface area contributed by atoms with Crippen LogP contribution >= 0.6 is 23.6 Å². The van der Waals surface area contributed by atoms with E-state index in [1.165, 1.54) is 32.7 Å². The zero-order valence-corrected chi connectivity index (χ0v) is 18.6. The lowest BCUT2D eigenvalue weighted by Crippen LogP contribution is -2.34. The van der Waals surface area contributed by atoms with Gasteiger partial charge in [0.25, 0.3) is 5.91 Å². The molecule has 0 radical (unpaired) electrons. The van der Waals surface area contributed by atoms with Crippen LogP contribution in [-0.2, 0) is 6.61 Å². The summed E-state index contributed by atoms with van der Waals surface area (Å²) in [6.45, 7) is 0.441. The summed E-state index contributed by atoms with van der Waals surface area (Å²) in [5.74, 6) is 1.52. The summed E-state index contributed by atoms with van der Waals surface area (Å²) < 4.78 is 21.6. The van der Waals surface area contributed by atoms with Crippen molar-refractivity contribution in [1.29, 1.82) is 0 Å². The number of methoxy groups -OCH3 is 3. The normalized spacial score (nSPS) is 11.5. The molecule has 8 nitrogen and oxygen atoms in total. The second-order valence-electron chi connectivity index (χ2n) is 6.40. The molecule has 31 heavy (non-hydrogen) atoms. The van der Waals surface area contributed by atoms with Crippen LogP contribution in [0.25, 0.3) is 11.3 Å². The monoisotopic (exact) mass is 457 g/mol. The second-order valence-corrected chi connectivity index (χ2v) is 7.89. The number of anilines is 1. The Morgan fingerprint density at radius 1 is 1.13 bits per heavy atom. The molecule has 0 aliphatic carbocycles. The fourth-order valence-corrected chi connectivity index (χ4v) is 4.31. The van der Waals surface area contributed by atoms with Gasteiger partial charge in [-0.1, -0.05) is 23.5 Å². The highest BCUT2D eigenvalue weighted by atomic mass is 32.1. The Morgan fingerprint density at radius 3 is 2.52 bits per heavy atom. The number of para-hydroxylation sites is 1. The third-order valence-electron chi connectivity index (χ3n) is 4.57. The lowest BCUT2D eigenvalue weighted by atomic mass is 10.1. The third-order valence-corrected chi connectivity index (χ3v) is 5.72. The molecule has 1 aliphatic heterocycles. The van der Waals surface area contributed by atoms with Crippen LogP contribution in [0.2, 0.25) is 0 Å². The largest absolute Gasteiger partial charge is 0.493 e. The summed E-state index contributed by atoms with van der Waals surface area (Å²) in [6, 6.07) is 10.8. The fourth-order valence-electron chi connectivity index (χ4n) is 3.16. The van der Waals surface area contributed by atoms with Gasteiger partial charge in [-0.2, -0.15) is 0 Å². The number of nitrogens with zero attached hydrogens (tertiary/aromatic N) is 1. The third kappa shape index (κ3) is 4.12. The summed E-state index contributed by atoms with van der Waals surface area (Å²) in [7, 11) is 4.46. The van der Waals surface area contributed by atoms with Crippen LogP contribution in [0.3, 0.4) is 0 Å². The Morgan fingerprint density at radius 2 is 1.84 bits per heavy atom. The van der Waals surface area contributed by atoms with Crippen molar-refractivity contribution in [3.8, 4) is 34.3 Å². The number of amides is 1. The molecule has 1 aromatic heterocycles. The van der Waals surface area contributed by atoms with Gasteiger partial charge in [0.15, 0.2) is 21.7 Å². The highest BCUT2D eigenvalue weighted by Gasteiger charge is 2.22. The summed E-state index contributed by atoms with van der Waals surface area (Å²) in [5.41, 5.74) is 2.09. The summed E-state index contributed by atoms with van der Waals surface area (Å²) >= 11 is 6.73. The molecule has 2 heterocycles. The topological polar surface area (TPSA) is 90.9 Å². The molecule has 160 valence electrons. The van der Waals surface area contributed by atoms with Crippen LogP contribution in [0.4, 0.5) is 5.13 Å². The molecule has 0 fully saturated rings. The first-order valence-electron chi connectivity index (χ1n) is 9.18. The van der Waals surface area contributed by atoms with Crippen LogP contribution in [0.5, 0.6) is 23.0 Å². The Bertz CT molecular complexity index is 1140. The summed E-state index contributed by atoms with van der Waals surface area (Å²) in [6.07, 6.45) is 0. The molecule has 2 N–H and O–H groups in total. The van der Waals surface area contributed by atoms with Gasteiger partial charge in [-0.3, -0.25) is 10.1 Å². The number of ether oxygens (including phenoxy) is 4. The number of thiazole rings is 1. The molecule has 1 aliphatic rings. The number of rotatable bonds is 5. The van der Waals surface area contributed by atoms with Gasteiger partial charge in [0.2, 0.25) is 5.75 Å². The Hall–Kier alpha value is -3.37. The first-order valence-corrected chi connectivity index (χ1v) is 10.4. The number of carbonyl (C=O) groups excluding carboxylic acids is 1. The number of hydrogen-bond acceptors (Lipinski definition) is 8. The van der Waals surface area contributed by atoms with E-state index < -0.39 is 5.91 Å². The van der Waals surface area contributed by atoms with Crippen LogP contribution < -0.4 is 29.6 Å². The zero-order chi connectivity index (χ0) is 22.0. The summed E-state index contributed by atoms with van der Waals surface area (Å²) in [4.78, 5) is 18.3. The first kappa shape index (κ1) is 20.9. The molecule has 0 bridgehead atoms. The minimum Gasteiger partial charge on any atom is -0.493 e. The van der Waals surface area contributed by atoms with Gasteiger partial charge in [0, 0.05) is 11.1 Å². The van der Waals surface area contributed by atoms with E-state index in [1.807, 2.05) is 24.3 Å². The van der Waals surface area contributed by atoms with Crippen molar-refractivity contribution in [1.82, 2.24) is 10.3 Å². The van der Waals surface area contributed by atoms with Gasteiger partial charge in [-0.25, -0.2) is 4.98 Å². The van der Waals surface area contributed by atoms with Crippen molar-refractivity contribution in [2.24, 2.45) is 0 Å². The molecule has 0 saturated carbocycles. The Kier molecular flexibility index (Phi) is 5.92. The Labute approximate surface area is 188 Å². The lowest BCUT2D eigenvalue weighted by molar-refractivity contribution is 0.0977. The van der Waals surface area contributed by atoms with Crippen molar-refractivity contribution in [2.45, 2.75) is 6.61 Å². The average Bonchev–Trinajstić information content (AvgIpc) is 3.20. The molecule has 3 aromatic rings. The van der Waals surface area contributed by atoms with Gasteiger partial charge in [-0.05, 0) is 36.5 Å². The first-order chi connectivity index (χ1) is 15.0. The van der Waals surface area contributed by atoms with Gasteiger partial charge in [0.1, 0.15) is 12.4 Å². The highest BCUT2D eigenvalue weighted by Crippen LogP contribution is 2.41. The van der Waals surface area contributed by atoms with Crippen molar-refractivity contribution in [3.05, 3.63) is 46.8 Å². The number of thiocarbonyl (C=S) groups is 1. The van der Waals surface area contributed by atoms with E-state index in [-0.39, 0.29) is 5.11 Å². The van der Waals surface area contributed by atoms with E-state index in [9.17, 15) is 4.79 Å². The average molecular weight is 458 g/mol. The number of aromatic nitrogens is 1. The van der Waals surface area contributed by atoms with Crippen LogP contribution in [0.1, 0.15) is 15.2 Å². The quantitative estimate of drug-likeness (QED) is 0.559. The molecule has 0 spiro atoms. The van der Waals surface area contributed by atoms with E-state index in [1.54, 1.807) is 12.1 Å². The van der Waals surface area contributed by atoms with Crippen molar-refractivity contribution in [3.63, 3.8) is 0 Å². The van der Waals surface area contributed by atoms with Crippen LogP contribution in [-0.4, -0.2) is 37.3 Å². The van der Waals surface area contributed by atoms with Crippen molar-refractivity contribution >= 4 is 39.7 Å². The van der Waals surface area contributed by atoms with E-state index >= 15 is 0 Å². The minimum atomic E-state index is -0.424. The zero-order valence-electron chi connectivity index (χ0n) is 17.0. The molecule has 2 aromatic carbocycles. The van der Waals surface area contributed by atoms with Crippen LogP contribution in [0.15, 0.2) is 36.4 Å². The maximum absolute atomic E-state index is 12.7. The Balaban J connectivity index is 1.49. The number of carbonyl (C=O) groups is 1. The van der Waals surface area contributed by atoms with Crippen molar-refractivity contribution < 1.29 is 23.7 Å². The van der Waals surface area contributed by atoms with E-state index in [2.05, 4.69) is 15.6 Å². The van der Waals surface area contributed by atoms with Gasteiger partial charge in [0.05, 0.1) is 31.9 Å². The molecule has 10 heteroatoms. The van der Waals surface area contributed by atoms with Gasteiger partial charge < -0.3 is 24.3 Å². The van der Waals surface area contributed by atoms with E-state index in [4.69, 9.17) is 31.2 Å². The van der Waals surface area contributed by atoms with E-state index in [0.29, 0.717) is 34.6 Å². The molecule has 4 rings (SSSR count). The van der Waals surface area contributed by atoms with Crippen molar-refractivity contribution in [2.75, 3.05) is 26.6 Å². The summed E-state index contributed by atoms with van der Waals surface area (Å²) in [5, 5.41) is 6.32. The predicted molar refractivity (Wildman–Crippen MR) is 122 cm³/mol. The number of hydrogen-bond donors (Lipinski definition) is 2. The van der Waals surface area contributed by atoms with E-state index in [0.717, 1.165) is 21.9 Å². The fraction of sp³-hybridized carbons (Fsp3) is 0.190. The standard InChI is InChI=1S/C21H19N3O5S2/c1-26-14-8-11(9-15(27-2)18(14)28-3)19(25)23-20(30)24-21-22-17-12-6-4-5-7-13(12)29-10-16(17)31-21/h4-9H,10H2,1-3H3,(H2,22,23,24,25,30). The number of nitrogens with one attached hydrogen (secondary N) is 2. The van der Waals surface area contributed by atoms with Crippen LogP contribution in [0, 0.1) is 0 Å². The number of benzene rings is 2. The molecule has 1 amide bonds. The predicted octanol–water partition coefficient (Wildman–Crippen LogP) is 3.86. The highest BCUT2D eigenvalue weighted by molar-refractivity contribution is 7.80. The molecule has 0 atom stereocenters. The maximum atomic E-state index is 12.7. The maximum Gasteiger partial charge on any atom is 0.257 e. The smallest absolute Gasteiger partial charge is 0.257 e.